The third-order valence-electron chi connectivity index (χ3n) is 7.88. The van der Waals surface area contributed by atoms with Crippen LogP contribution in [0, 0.1) is 17.8 Å². The molecule has 0 aromatic heterocycles. The van der Waals surface area contributed by atoms with Gasteiger partial charge in [0.1, 0.15) is 18.2 Å². The summed E-state index contributed by atoms with van der Waals surface area (Å²) in [7, 11) is 0. The first-order valence-electron chi connectivity index (χ1n) is 12.6. The summed E-state index contributed by atoms with van der Waals surface area (Å²) < 4.78 is 11.8. The molecule has 1 spiro atoms. The molecular weight excluding hydrogens is 436 g/mol. The number of ether oxygens (including phenoxy) is 2. The Bertz CT molecular complexity index is 800. The zero-order chi connectivity index (χ0) is 25.0. The minimum Gasteiger partial charge on any atom is -0.461 e. The lowest BCUT2D eigenvalue weighted by atomic mass is 9.70. The van der Waals surface area contributed by atoms with Crippen molar-refractivity contribution in [2.75, 3.05) is 26.3 Å². The molecule has 2 amide bonds. The molecule has 1 N–H and O–H groups in total. The second-order valence-corrected chi connectivity index (χ2v) is 9.78. The Kier molecular flexibility index (Phi) is 8.57. The maximum absolute atomic E-state index is 14.1. The van der Waals surface area contributed by atoms with E-state index in [-0.39, 0.29) is 30.9 Å². The Morgan fingerprint density at radius 3 is 2.68 bits per heavy atom. The summed E-state index contributed by atoms with van der Waals surface area (Å²) in [6.45, 7) is 14.1. The first-order valence-corrected chi connectivity index (χ1v) is 12.6. The number of likely N-dealkylation sites (tertiary alicyclic amines) is 1. The molecule has 3 aliphatic rings. The van der Waals surface area contributed by atoms with Crippen LogP contribution in [0.5, 0.6) is 0 Å². The van der Waals surface area contributed by atoms with Gasteiger partial charge in [0.05, 0.1) is 30.6 Å². The van der Waals surface area contributed by atoms with Crippen LogP contribution in [0.25, 0.3) is 0 Å². The summed E-state index contributed by atoms with van der Waals surface area (Å²) in [6, 6.07) is -1.44. The van der Waals surface area contributed by atoms with Crippen molar-refractivity contribution in [3.63, 3.8) is 0 Å². The lowest BCUT2D eigenvalue weighted by molar-refractivity contribution is -0.156. The largest absolute Gasteiger partial charge is 0.461 e. The van der Waals surface area contributed by atoms with Gasteiger partial charge in [0.25, 0.3) is 0 Å². The molecule has 2 unspecified atom stereocenters. The van der Waals surface area contributed by atoms with Gasteiger partial charge < -0.3 is 24.4 Å². The smallest absolute Gasteiger partial charge is 0.312 e. The van der Waals surface area contributed by atoms with Crippen LogP contribution < -0.4 is 0 Å². The molecule has 0 aliphatic carbocycles. The Labute approximate surface area is 202 Å². The number of rotatable bonds is 13. The molecule has 8 nitrogen and oxygen atoms in total. The molecular formula is C26H40N2O6. The number of fused-ring (bicyclic) bond motifs is 1. The lowest BCUT2D eigenvalue weighted by Gasteiger charge is -2.41. The molecule has 0 radical (unpaired) electrons. The fraction of sp³-hybridized carbons (Fsp3) is 0.731. The summed E-state index contributed by atoms with van der Waals surface area (Å²) in [5, 5.41) is 10.3. The normalized spacial score (nSPS) is 31.2. The van der Waals surface area contributed by atoms with E-state index in [0.717, 1.165) is 19.3 Å². The number of hydrogen-bond donors (Lipinski definition) is 1. The summed E-state index contributed by atoms with van der Waals surface area (Å²) in [5.41, 5.74) is -1.09. The van der Waals surface area contributed by atoms with Crippen LogP contribution in [0.15, 0.2) is 25.3 Å². The minimum absolute atomic E-state index is 0.0358. The van der Waals surface area contributed by atoms with Crippen LogP contribution in [-0.4, -0.2) is 82.8 Å². The fourth-order valence-corrected chi connectivity index (χ4v) is 6.02. The highest BCUT2D eigenvalue weighted by Crippen LogP contribution is 2.59. The fourth-order valence-electron chi connectivity index (χ4n) is 6.02. The summed E-state index contributed by atoms with van der Waals surface area (Å²) in [6.07, 6.45) is 6.29. The Hall–Kier alpha value is -2.19. The van der Waals surface area contributed by atoms with Crippen molar-refractivity contribution >= 4 is 17.8 Å². The van der Waals surface area contributed by atoms with Crippen molar-refractivity contribution in [2.45, 2.75) is 76.7 Å². The van der Waals surface area contributed by atoms with E-state index in [1.807, 2.05) is 13.8 Å². The number of carbonyl (C=O) groups is 3. The maximum Gasteiger partial charge on any atom is 0.312 e. The highest BCUT2D eigenvalue weighted by atomic mass is 16.6. The predicted octanol–water partition coefficient (Wildman–Crippen LogP) is 2.31. The van der Waals surface area contributed by atoms with E-state index in [4.69, 9.17) is 9.47 Å². The standard InChI is InChI=1S/C26H40N2O6/c1-6-10-14-27(13-7-2)24(31)22-26-12-11-19(34-26)20(25(32)33-15-8-3)21(26)23(30)28(22)18(16-29)17(5)9-4/h7-8,17-22,29H,2-3,6,9-16H2,1,4-5H3/t17-,18-,19+,20-,21-,22?,26?/m0/s1. The quantitative estimate of drug-likeness (QED) is 0.324. The monoisotopic (exact) mass is 476 g/mol. The number of nitrogens with zero attached hydrogens (tertiary/aromatic N) is 2. The summed E-state index contributed by atoms with van der Waals surface area (Å²) >= 11 is 0. The number of aliphatic hydroxyl groups excluding tert-OH is 1. The van der Waals surface area contributed by atoms with Gasteiger partial charge in [-0.1, -0.05) is 52.3 Å². The van der Waals surface area contributed by atoms with Crippen LogP contribution in [0.4, 0.5) is 0 Å². The number of unbranched alkanes of at least 4 members (excludes halogenated alkanes) is 1. The van der Waals surface area contributed by atoms with Crippen LogP contribution in [-0.2, 0) is 23.9 Å². The van der Waals surface area contributed by atoms with E-state index in [0.29, 0.717) is 25.9 Å². The second kappa shape index (κ2) is 11.0. The zero-order valence-electron chi connectivity index (χ0n) is 20.8. The van der Waals surface area contributed by atoms with Gasteiger partial charge in [0.15, 0.2) is 0 Å². The summed E-state index contributed by atoms with van der Waals surface area (Å²) in [4.78, 5) is 44.4. The third-order valence-corrected chi connectivity index (χ3v) is 7.88. The molecule has 3 fully saturated rings. The number of amides is 2. The first-order chi connectivity index (χ1) is 16.3. The van der Waals surface area contributed by atoms with Gasteiger partial charge in [-0.05, 0) is 25.2 Å². The predicted molar refractivity (Wildman–Crippen MR) is 128 cm³/mol. The van der Waals surface area contributed by atoms with E-state index < -0.39 is 41.6 Å². The zero-order valence-corrected chi connectivity index (χ0v) is 20.8. The van der Waals surface area contributed by atoms with Crippen LogP contribution in [0.2, 0.25) is 0 Å². The SMILES string of the molecule is C=CCOC(=O)[C@@H]1[C@H]2C(=O)N([C@@H](CO)[C@@H](C)CC)C(C(=O)N(CC=C)CCCC)C23CC[C@H]1O3. The van der Waals surface area contributed by atoms with E-state index in [2.05, 4.69) is 20.1 Å². The Morgan fingerprint density at radius 2 is 2.09 bits per heavy atom. The van der Waals surface area contributed by atoms with Gasteiger partial charge in [-0.15, -0.1) is 6.58 Å². The minimum atomic E-state index is -1.09. The number of esters is 1. The molecule has 8 heteroatoms. The molecule has 2 bridgehead atoms. The molecule has 0 aromatic carbocycles. The van der Waals surface area contributed by atoms with Crippen LogP contribution in [0.3, 0.4) is 0 Å². The van der Waals surface area contributed by atoms with Crippen molar-refractivity contribution < 1.29 is 29.0 Å². The highest BCUT2D eigenvalue weighted by Gasteiger charge is 2.75. The second-order valence-electron chi connectivity index (χ2n) is 9.78. The van der Waals surface area contributed by atoms with Crippen molar-refractivity contribution in [3.05, 3.63) is 25.3 Å². The third kappa shape index (κ3) is 4.31. The molecule has 3 saturated heterocycles. The maximum atomic E-state index is 14.1. The average Bonchev–Trinajstić information content (AvgIpc) is 3.48. The molecule has 3 heterocycles. The van der Waals surface area contributed by atoms with Gasteiger partial charge in [0, 0.05) is 13.1 Å². The Balaban J connectivity index is 2.07. The van der Waals surface area contributed by atoms with Crippen LogP contribution >= 0.6 is 0 Å². The molecule has 34 heavy (non-hydrogen) atoms. The highest BCUT2D eigenvalue weighted by molar-refractivity contribution is 5.98. The Morgan fingerprint density at radius 1 is 1.35 bits per heavy atom. The van der Waals surface area contributed by atoms with Crippen molar-refractivity contribution in [2.24, 2.45) is 17.8 Å². The lowest BCUT2D eigenvalue weighted by Crippen LogP contribution is -2.59. The number of carbonyl (C=O) groups excluding carboxylic acids is 3. The van der Waals surface area contributed by atoms with E-state index >= 15 is 0 Å². The number of aliphatic hydroxyl groups is 1. The van der Waals surface area contributed by atoms with Gasteiger partial charge >= 0.3 is 5.97 Å². The average molecular weight is 477 g/mol. The molecule has 190 valence electrons. The van der Waals surface area contributed by atoms with Crippen molar-refractivity contribution in [3.8, 4) is 0 Å². The topological polar surface area (TPSA) is 96.4 Å². The van der Waals surface area contributed by atoms with Gasteiger partial charge in [0.2, 0.25) is 11.8 Å². The van der Waals surface area contributed by atoms with Gasteiger partial charge in [-0.25, -0.2) is 0 Å². The van der Waals surface area contributed by atoms with Crippen molar-refractivity contribution in [1.82, 2.24) is 9.80 Å². The molecule has 0 saturated carbocycles. The van der Waals surface area contributed by atoms with Crippen molar-refractivity contribution in [1.29, 1.82) is 0 Å². The molecule has 0 aromatic rings. The van der Waals surface area contributed by atoms with E-state index in [1.165, 1.54) is 6.08 Å². The van der Waals surface area contributed by atoms with E-state index in [9.17, 15) is 19.5 Å². The van der Waals surface area contributed by atoms with Crippen LogP contribution in [0.1, 0.15) is 52.9 Å². The number of hydrogen-bond acceptors (Lipinski definition) is 6. The van der Waals surface area contributed by atoms with Gasteiger partial charge in [-0.2, -0.15) is 0 Å². The molecule has 3 aliphatic heterocycles. The van der Waals surface area contributed by atoms with Gasteiger partial charge in [-0.3, -0.25) is 14.4 Å². The summed E-state index contributed by atoms with van der Waals surface area (Å²) in [5.74, 6) is -2.59. The van der Waals surface area contributed by atoms with E-state index in [1.54, 1.807) is 15.9 Å². The first kappa shape index (κ1) is 26.4. The molecule has 7 atom stereocenters. The molecule has 3 rings (SSSR count).